The molecule has 0 fully saturated rings. The molecule has 1 aromatic carbocycles. The summed E-state index contributed by atoms with van der Waals surface area (Å²) in [5.41, 5.74) is -0.157. The van der Waals surface area contributed by atoms with Crippen molar-refractivity contribution in [3.05, 3.63) is 60.5 Å². The number of halogens is 3. The number of aromatic nitrogens is 2. The van der Waals surface area contributed by atoms with Gasteiger partial charge in [-0.05, 0) is 24.3 Å². The number of furan rings is 1. The number of nitrogens with zero attached hydrogens (tertiary/aromatic N) is 2. The lowest BCUT2D eigenvalue weighted by Crippen LogP contribution is -2.07. The Balaban J connectivity index is 2.20. The van der Waals surface area contributed by atoms with Gasteiger partial charge >= 0.3 is 6.18 Å². The van der Waals surface area contributed by atoms with Gasteiger partial charge in [0, 0.05) is 6.07 Å². The first-order chi connectivity index (χ1) is 9.55. The van der Waals surface area contributed by atoms with E-state index in [0.717, 1.165) is 6.07 Å². The van der Waals surface area contributed by atoms with E-state index in [2.05, 4.69) is 5.10 Å². The van der Waals surface area contributed by atoms with Crippen molar-refractivity contribution in [3.8, 4) is 17.1 Å². The maximum absolute atomic E-state index is 12.8. The number of benzene rings is 1. The molecular formula is C14H9F3N2O. The first-order valence-corrected chi connectivity index (χ1v) is 5.82. The molecule has 2 heterocycles. The molecule has 0 amide bonds. The molecular weight excluding hydrogens is 269 g/mol. The average Bonchev–Trinajstić information content (AvgIpc) is 3.08. The van der Waals surface area contributed by atoms with E-state index in [9.17, 15) is 13.2 Å². The molecule has 0 aliphatic rings. The normalized spacial score (nSPS) is 11.8. The Labute approximate surface area is 112 Å². The summed E-state index contributed by atoms with van der Waals surface area (Å²) in [4.78, 5) is 0. The van der Waals surface area contributed by atoms with Gasteiger partial charge in [0.15, 0.2) is 11.5 Å². The van der Waals surface area contributed by atoms with Crippen LogP contribution in [-0.4, -0.2) is 9.78 Å². The lowest BCUT2D eigenvalue weighted by Gasteiger charge is -2.05. The fourth-order valence-electron chi connectivity index (χ4n) is 1.89. The summed E-state index contributed by atoms with van der Waals surface area (Å²) in [6.07, 6.45) is -3.09. The van der Waals surface area contributed by atoms with Crippen molar-refractivity contribution in [2.45, 2.75) is 6.18 Å². The van der Waals surface area contributed by atoms with Crippen molar-refractivity contribution >= 4 is 0 Å². The van der Waals surface area contributed by atoms with E-state index in [-0.39, 0.29) is 5.69 Å². The summed E-state index contributed by atoms with van der Waals surface area (Å²) < 4.78 is 44.9. The minimum Gasteiger partial charge on any atom is -0.463 e. The molecule has 0 saturated heterocycles. The van der Waals surface area contributed by atoms with Crippen LogP contribution < -0.4 is 0 Å². The zero-order valence-corrected chi connectivity index (χ0v) is 10.1. The third kappa shape index (κ3) is 2.20. The predicted octanol–water partition coefficient (Wildman–Crippen LogP) is 4.15. The van der Waals surface area contributed by atoms with Crippen LogP contribution >= 0.6 is 0 Å². The monoisotopic (exact) mass is 278 g/mol. The number of hydrogen-bond donors (Lipinski definition) is 0. The molecule has 3 nitrogen and oxygen atoms in total. The Hall–Kier alpha value is -2.50. The minimum atomic E-state index is -4.50. The Kier molecular flexibility index (Phi) is 2.85. The SMILES string of the molecule is FC(F)(F)c1cc(-c2ccco2)n(-c2ccccc2)n1. The van der Waals surface area contributed by atoms with Crippen LogP contribution in [0.4, 0.5) is 13.2 Å². The maximum atomic E-state index is 12.8. The van der Waals surface area contributed by atoms with E-state index >= 15 is 0 Å². The fourth-order valence-corrected chi connectivity index (χ4v) is 1.89. The van der Waals surface area contributed by atoms with E-state index in [1.54, 1.807) is 42.5 Å². The highest BCUT2D eigenvalue weighted by atomic mass is 19.4. The van der Waals surface area contributed by atoms with Crippen molar-refractivity contribution in [1.82, 2.24) is 9.78 Å². The fraction of sp³-hybridized carbons (Fsp3) is 0.0714. The van der Waals surface area contributed by atoms with Gasteiger partial charge in [-0.3, -0.25) is 0 Å². The predicted molar refractivity (Wildman–Crippen MR) is 66.3 cm³/mol. The van der Waals surface area contributed by atoms with Crippen LogP contribution in [0.15, 0.2) is 59.2 Å². The van der Waals surface area contributed by atoms with Crippen molar-refractivity contribution in [2.24, 2.45) is 0 Å². The molecule has 0 bridgehead atoms. The van der Waals surface area contributed by atoms with Crippen molar-refractivity contribution < 1.29 is 17.6 Å². The van der Waals surface area contributed by atoms with E-state index in [4.69, 9.17) is 4.42 Å². The van der Waals surface area contributed by atoms with Crippen molar-refractivity contribution in [1.29, 1.82) is 0 Å². The third-order valence-corrected chi connectivity index (χ3v) is 2.77. The summed E-state index contributed by atoms with van der Waals surface area (Å²) in [5, 5.41) is 3.64. The first kappa shape index (κ1) is 12.5. The second kappa shape index (κ2) is 4.56. The molecule has 0 spiro atoms. The topological polar surface area (TPSA) is 31.0 Å². The highest BCUT2D eigenvalue weighted by Crippen LogP contribution is 2.33. The second-order valence-corrected chi connectivity index (χ2v) is 4.14. The molecule has 6 heteroatoms. The van der Waals surface area contributed by atoms with Crippen LogP contribution in [0.2, 0.25) is 0 Å². The standard InChI is InChI=1S/C14H9F3N2O/c15-14(16,17)13-9-11(12-7-4-8-20-12)19(18-13)10-5-2-1-3-6-10/h1-9H. The molecule has 0 radical (unpaired) electrons. The van der Waals surface area contributed by atoms with E-state index in [1.807, 2.05) is 0 Å². The molecule has 3 rings (SSSR count). The van der Waals surface area contributed by atoms with Gasteiger partial charge in [0.2, 0.25) is 0 Å². The average molecular weight is 278 g/mol. The zero-order valence-electron chi connectivity index (χ0n) is 10.1. The molecule has 0 unspecified atom stereocenters. The molecule has 0 aliphatic heterocycles. The molecule has 0 saturated carbocycles. The first-order valence-electron chi connectivity index (χ1n) is 5.82. The summed E-state index contributed by atoms with van der Waals surface area (Å²) in [6, 6.07) is 12.8. The van der Waals surface area contributed by atoms with Gasteiger partial charge in [0.25, 0.3) is 0 Å². The molecule has 2 aromatic heterocycles. The highest BCUT2D eigenvalue weighted by molar-refractivity contribution is 5.57. The number of rotatable bonds is 2. The lowest BCUT2D eigenvalue weighted by atomic mass is 10.2. The van der Waals surface area contributed by atoms with Crippen LogP contribution in [0.5, 0.6) is 0 Å². The van der Waals surface area contributed by atoms with Crippen LogP contribution in [-0.2, 0) is 6.18 Å². The molecule has 0 N–H and O–H groups in total. The summed E-state index contributed by atoms with van der Waals surface area (Å²) in [6.45, 7) is 0. The zero-order chi connectivity index (χ0) is 14.2. The molecule has 102 valence electrons. The smallest absolute Gasteiger partial charge is 0.435 e. The summed E-state index contributed by atoms with van der Waals surface area (Å²) in [5.74, 6) is 0.330. The van der Waals surface area contributed by atoms with Gasteiger partial charge in [-0.1, -0.05) is 18.2 Å². The number of para-hydroxylation sites is 1. The van der Waals surface area contributed by atoms with Gasteiger partial charge in [0.1, 0.15) is 5.69 Å². The van der Waals surface area contributed by atoms with E-state index < -0.39 is 11.9 Å². The van der Waals surface area contributed by atoms with Crippen LogP contribution in [0, 0.1) is 0 Å². The quantitative estimate of drug-likeness (QED) is 0.705. The summed E-state index contributed by atoms with van der Waals surface area (Å²) in [7, 11) is 0. The molecule has 0 aliphatic carbocycles. The van der Waals surface area contributed by atoms with E-state index in [1.165, 1.54) is 10.9 Å². The maximum Gasteiger partial charge on any atom is 0.435 e. The molecule has 0 atom stereocenters. The number of hydrogen-bond acceptors (Lipinski definition) is 2. The van der Waals surface area contributed by atoms with E-state index in [0.29, 0.717) is 11.4 Å². The Bertz CT molecular complexity index is 700. The molecule has 20 heavy (non-hydrogen) atoms. The Morgan fingerprint density at radius 1 is 1.00 bits per heavy atom. The molecule has 3 aromatic rings. The van der Waals surface area contributed by atoms with Crippen LogP contribution in [0.3, 0.4) is 0 Å². The van der Waals surface area contributed by atoms with Crippen LogP contribution in [0.1, 0.15) is 5.69 Å². The number of alkyl halides is 3. The Morgan fingerprint density at radius 3 is 2.35 bits per heavy atom. The Morgan fingerprint density at radius 2 is 1.75 bits per heavy atom. The van der Waals surface area contributed by atoms with Crippen molar-refractivity contribution in [2.75, 3.05) is 0 Å². The van der Waals surface area contributed by atoms with Crippen molar-refractivity contribution in [3.63, 3.8) is 0 Å². The second-order valence-electron chi connectivity index (χ2n) is 4.14. The largest absolute Gasteiger partial charge is 0.463 e. The van der Waals surface area contributed by atoms with Crippen LogP contribution in [0.25, 0.3) is 17.1 Å². The van der Waals surface area contributed by atoms with Gasteiger partial charge in [0.05, 0.1) is 12.0 Å². The third-order valence-electron chi connectivity index (χ3n) is 2.77. The van der Waals surface area contributed by atoms with Gasteiger partial charge in [-0.15, -0.1) is 0 Å². The lowest BCUT2D eigenvalue weighted by molar-refractivity contribution is -0.141. The van der Waals surface area contributed by atoms with Gasteiger partial charge < -0.3 is 4.42 Å². The summed E-state index contributed by atoms with van der Waals surface area (Å²) >= 11 is 0. The minimum absolute atomic E-state index is 0.258. The van der Waals surface area contributed by atoms with Gasteiger partial charge in [-0.2, -0.15) is 18.3 Å². The van der Waals surface area contributed by atoms with Gasteiger partial charge in [-0.25, -0.2) is 4.68 Å². The highest BCUT2D eigenvalue weighted by Gasteiger charge is 2.35.